The van der Waals surface area contributed by atoms with Crippen LogP contribution in [0, 0.1) is 23.6 Å². The van der Waals surface area contributed by atoms with Crippen molar-refractivity contribution in [2.75, 3.05) is 0 Å². The van der Waals surface area contributed by atoms with E-state index in [-0.39, 0.29) is 11.5 Å². The van der Waals surface area contributed by atoms with Gasteiger partial charge >= 0.3 is 6.18 Å². The molecule has 30 heavy (non-hydrogen) atoms. The summed E-state index contributed by atoms with van der Waals surface area (Å²) in [5, 5.41) is 0. The lowest BCUT2D eigenvalue weighted by molar-refractivity contribution is -0.265. The first kappa shape index (κ1) is 21.8. The van der Waals surface area contributed by atoms with Crippen molar-refractivity contribution in [3.63, 3.8) is 0 Å². The number of ether oxygens (including phenoxy) is 1. The molecule has 4 rings (SSSR count). The van der Waals surface area contributed by atoms with E-state index in [1.165, 1.54) is 37.8 Å². The molecule has 1 aromatic carbocycles. The van der Waals surface area contributed by atoms with Gasteiger partial charge in [0.25, 0.3) is 12.0 Å². The van der Waals surface area contributed by atoms with Crippen LogP contribution < -0.4 is 4.74 Å². The third-order valence-corrected chi connectivity index (χ3v) is 7.46. The van der Waals surface area contributed by atoms with Crippen LogP contribution in [0.2, 0.25) is 0 Å². The van der Waals surface area contributed by atoms with Crippen molar-refractivity contribution in [1.29, 1.82) is 0 Å². The van der Waals surface area contributed by atoms with Crippen LogP contribution in [-0.2, 0) is 6.42 Å². The molecule has 1 atom stereocenters. The fraction of sp³-hybridized carbons (Fsp3) is 0.739. The summed E-state index contributed by atoms with van der Waals surface area (Å²) in [5.74, 6) is -3.52. The second-order valence-electron chi connectivity index (χ2n) is 9.60. The van der Waals surface area contributed by atoms with Crippen LogP contribution in [0.5, 0.6) is 5.75 Å². The molecule has 0 saturated heterocycles. The largest absolute Gasteiger partial charge is 0.471 e. The molecule has 1 unspecified atom stereocenters. The minimum atomic E-state index is -5.26. The van der Waals surface area contributed by atoms with Gasteiger partial charge < -0.3 is 4.74 Å². The zero-order chi connectivity index (χ0) is 21.7. The van der Waals surface area contributed by atoms with Crippen LogP contribution >= 0.6 is 0 Å². The van der Waals surface area contributed by atoms with Gasteiger partial charge in [0.2, 0.25) is 0 Å². The van der Waals surface area contributed by atoms with Gasteiger partial charge in [-0.25, -0.2) is 13.2 Å². The van der Waals surface area contributed by atoms with Crippen LogP contribution in [0.15, 0.2) is 12.1 Å². The summed E-state index contributed by atoms with van der Waals surface area (Å²) >= 11 is 0. The molecule has 7 heteroatoms. The van der Waals surface area contributed by atoms with Gasteiger partial charge in [-0.15, -0.1) is 0 Å². The van der Waals surface area contributed by atoms with Crippen molar-refractivity contribution >= 4 is 0 Å². The van der Waals surface area contributed by atoms with E-state index in [1.807, 2.05) is 0 Å². The third-order valence-electron chi connectivity index (χ3n) is 7.46. The van der Waals surface area contributed by atoms with Crippen molar-refractivity contribution in [3.05, 3.63) is 29.1 Å². The molecule has 1 heterocycles. The Labute approximate surface area is 173 Å². The van der Waals surface area contributed by atoms with Crippen molar-refractivity contribution < 1.29 is 31.1 Å². The average molecular weight is 434 g/mol. The highest BCUT2D eigenvalue weighted by Gasteiger charge is 2.60. The van der Waals surface area contributed by atoms with E-state index in [0.29, 0.717) is 11.5 Å². The van der Waals surface area contributed by atoms with Crippen molar-refractivity contribution in [2.45, 2.75) is 88.8 Å². The van der Waals surface area contributed by atoms with E-state index in [1.54, 1.807) is 0 Å². The Balaban J connectivity index is 1.47. The maximum atomic E-state index is 14.6. The van der Waals surface area contributed by atoms with Crippen LogP contribution in [-0.4, -0.2) is 18.2 Å². The molecule has 1 aromatic rings. The standard InChI is InChI=1S/C23H28F6O/c1-13-2-4-14(5-3-13)15-6-8-16(9-7-15)17-10-18-12-22(25,26)21(23(27,28)29)30-20(18)19(24)11-17/h10-11,13-16,21H,2-9,12H2,1H3. The topological polar surface area (TPSA) is 9.23 Å². The Bertz CT molecular complexity index is 758. The molecule has 1 nitrogen and oxygen atoms in total. The Morgan fingerprint density at radius 1 is 0.900 bits per heavy atom. The zero-order valence-electron chi connectivity index (χ0n) is 17.1. The van der Waals surface area contributed by atoms with Crippen LogP contribution in [0.1, 0.15) is 75.3 Å². The van der Waals surface area contributed by atoms with Gasteiger partial charge in [-0.05, 0) is 73.8 Å². The summed E-state index contributed by atoms with van der Waals surface area (Å²) < 4.78 is 85.9. The molecule has 2 saturated carbocycles. The van der Waals surface area contributed by atoms with Crippen LogP contribution in [0.4, 0.5) is 26.3 Å². The highest BCUT2D eigenvalue weighted by molar-refractivity contribution is 5.43. The molecule has 3 aliphatic rings. The van der Waals surface area contributed by atoms with E-state index in [2.05, 4.69) is 11.7 Å². The smallest absolute Gasteiger partial charge is 0.431 e. The van der Waals surface area contributed by atoms with Crippen molar-refractivity contribution in [2.24, 2.45) is 17.8 Å². The molecule has 0 bridgehead atoms. The quantitative estimate of drug-likeness (QED) is 0.440. The summed E-state index contributed by atoms with van der Waals surface area (Å²) in [4.78, 5) is 0. The molecular weight excluding hydrogens is 406 g/mol. The normalized spacial score (nSPS) is 34.2. The van der Waals surface area contributed by atoms with Gasteiger partial charge in [0.15, 0.2) is 11.6 Å². The van der Waals surface area contributed by atoms with Crippen LogP contribution in [0.25, 0.3) is 0 Å². The van der Waals surface area contributed by atoms with Gasteiger partial charge in [-0.3, -0.25) is 0 Å². The van der Waals surface area contributed by atoms with Gasteiger partial charge in [0.1, 0.15) is 0 Å². The number of hydrogen-bond acceptors (Lipinski definition) is 1. The molecule has 0 amide bonds. The second kappa shape index (κ2) is 7.94. The minimum absolute atomic E-state index is 0.0533. The predicted molar refractivity (Wildman–Crippen MR) is 101 cm³/mol. The molecule has 0 spiro atoms. The van der Waals surface area contributed by atoms with E-state index in [4.69, 9.17) is 0 Å². The Kier molecular flexibility index (Phi) is 5.77. The third kappa shape index (κ3) is 4.31. The molecule has 0 radical (unpaired) electrons. The van der Waals surface area contributed by atoms with Crippen molar-refractivity contribution in [3.8, 4) is 5.75 Å². The highest BCUT2D eigenvalue weighted by atomic mass is 19.4. The number of hydrogen-bond donors (Lipinski definition) is 0. The number of benzene rings is 1. The Morgan fingerprint density at radius 2 is 1.47 bits per heavy atom. The first-order valence-electron chi connectivity index (χ1n) is 11.0. The minimum Gasteiger partial charge on any atom is -0.471 e. The molecule has 0 aromatic heterocycles. The summed E-state index contributed by atoms with van der Waals surface area (Å²) in [7, 11) is 0. The number of halogens is 6. The molecule has 1 aliphatic heterocycles. The van der Waals surface area contributed by atoms with E-state index in [0.717, 1.165) is 37.5 Å². The second-order valence-corrected chi connectivity index (χ2v) is 9.60. The first-order chi connectivity index (χ1) is 14.0. The van der Waals surface area contributed by atoms with Crippen molar-refractivity contribution in [1.82, 2.24) is 0 Å². The fourth-order valence-electron chi connectivity index (χ4n) is 5.71. The maximum absolute atomic E-state index is 14.6. The van der Waals surface area contributed by atoms with E-state index in [9.17, 15) is 26.3 Å². The Hall–Kier alpha value is -1.40. The molecular formula is C23H28F6O. The number of rotatable bonds is 2. The van der Waals surface area contributed by atoms with E-state index >= 15 is 0 Å². The summed E-state index contributed by atoms with van der Waals surface area (Å²) in [5.41, 5.74) is 0.436. The maximum Gasteiger partial charge on any atom is 0.431 e. The first-order valence-corrected chi connectivity index (χ1v) is 11.0. The summed E-state index contributed by atoms with van der Waals surface area (Å²) in [6.45, 7) is 2.29. The molecule has 2 fully saturated rings. The molecule has 2 aliphatic carbocycles. The summed E-state index contributed by atoms with van der Waals surface area (Å²) in [6.07, 6.45) is -0.888. The van der Waals surface area contributed by atoms with Crippen LogP contribution in [0.3, 0.4) is 0 Å². The lowest BCUT2D eigenvalue weighted by atomic mass is 9.68. The highest BCUT2D eigenvalue weighted by Crippen LogP contribution is 2.47. The Morgan fingerprint density at radius 3 is 2.03 bits per heavy atom. The monoisotopic (exact) mass is 434 g/mol. The summed E-state index contributed by atoms with van der Waals surface area (Å²) in [6, 6.07) is 2.62. The lowest BCUT2D eigenvalue weighted by Crippen LogP contribution is -2.52. The fourth-order valence-corrected chi connectivity index (χ4v) is 5.71. The average Bonchev–Trinajstić information content (AvgIpc) is 2.66. The predicted octanol–water partition coefficient (Wildman–Crippen LogP) is 7.43. The zero-order valence-corrected chi connectivity index (χ0v) is 17.1. The van der Waals surface area contributed by atoms with Gasteiger partial charge in [-0.2, -0.15) is 13.2 Å². The van der Waals surface area contributed by atoms with Gasteiger partial charge in [0, 0.05) is 12.0 Å². The lowest BCUT2D eigenvalue weighted by Gasteiger charge is -2.38. The molecule has 0 N–H and O–H groups in total. The number of alkyl halides is 5. The van der Waals surface area contributed by atoms with E-state index < -0.39 is 36.2 Å². The SMILES string of the molecule is CC1CCC(C2CCC(c3cc(F)c4c(c3)CC(F)(F)C(C(F)(F)F)O4)CC2)CC1. The van der Waals surface area contributed by atoms with Gasteiger partial charge in [-0.1, -0.05) is 25.8 Å². The number of fused-ring (bicyclic) bond motifs is 1. The van der Waals surface area contributed by atoms with Gasteiger partial charge in [0.05, 0.1) is 0 Å². The molecule has 168 valence electrons.